The molecule has 1 aromatic carbocycles. The fourth-order valence-corrected chi connectivity index (χ4v) is 7.83. The Morgan fingerprint density at radius 2 is 1.80 bits per heavy atom. The van der Waals surface area contributed by atoms with Crippen LogP contribution >= 0.6 is 11.6 Å². The number of carbonyl (C=O) groups excluding carboxylic acids is 5. The number of allylic oxidation sites excluding steroid dienone is 1. The number of hydrogen-bond donors (Lipinski definition) is 3. The molecule has 5 amide bonds. The van der Waals surface area contributed by atoms with Gasteiger partial charge < -0.3 is 26.0 Å². The van der Waals surface area contributed by atoms with Gasteiger partial charge >= 0.3 is 6.09 Å². The molecule has 3 aliphatic heterocycles. The number of carbonyl (C=O) groups is 5. The molecule has 46 heavy (non-hydrogen) atoms. The molecule has 0 aromatic heterocycles. The van der Waals surface area contributed by atoms with Crippen molar-refractivity contribution in [2.24, 2.45) is 17.6 Å². The van der Waals surface area contributed by atoms with Crippen LogP contribution in [0, 0.1) is 11.8 Å². The highest BCUT2D eigenvalue weighted by molar-refractivity contribution is 6.30. The maximum Gasteiger partial charge on any atom is 0.410 e. The van der Waals surface area contributed by atoms with Crippen LogP contribution in [0.15, 0.2) is 30.4 Å². The maximum atomic E-state index is 14.2. The number of benzene rings is 1. The second kappa shape index (κ2) is 13.6. The summed E-state index contributed by atoms with van der Waals surface area (Å²) in [5.41, 5.74) is 6.50. The molecular weight excluding hydrogens is 610 g/mol. The van der Waals surface area contributed by atoms with Crippen molar-refractivity contribution < 1.29 is 28.7 Å². The van der Waals surface area contributed by atoms with Crippen molar-refractivity contribution in [3.8, 4) is 0 Å². The minimum Gasteiger partial charge on any atom is -0.444 e. The predicted molar refractivity (Wildman–Crippen MR) is 170 cm³/mol. The Morgan fingerprint density at radius 1 is 1.04 bits per heavy atom. The smallest absolute Gasteiger partial charge is 0.410 e. The van der Waals surface area contributed by atoms with Crippen molar-refractivity contribution in [2.45, 2.75) is 114 Å². The van der Waals surface area contributed by atoms with Crippen molar-refractivity contribution in [3.05, 3.63) is 46.5 Å². The van der Waals surface area contributed by atoms with E-state index < -0.39 is 41.6 Å². The number of rotatable bonds is 5. The number of nitrogens with zero attached hydrogens (tertiary/aromatic N) is 2. The number of amides is 5. The zero-order valence-corrected chi connectivity index (χ0v) is 26.9. The van der Waals surface area contributed by atoms with Gasteiger partial charge in [-0.25, -0.2) is 4.79 Å². The summed E-state index contributed by atoms with van der Waals surface area (Å²) in [4.78, 5) is 70.0. The van der Waals surface area contributed by atoms with Crippen molar-refractivity contribution in [1.29, 1.82) is 0 Å². The monoisotopic (exact) mass is 653 g/mol. The quantitative estimate of drug-likeness (QED) is 0.412. The van der Waals surface area contributed by atoms with Crippen LogP contribution in [-0.2, 0) is 37.0 Å². The number of nitrogens with two attached hydrogens (primary N) is 1. The fourth-order valence-electron chi connectivity index (χ4n) is 7.63. The molecule has 5 aliphatic rings. The summed E-state index contributed by atoms with van der Waals surface area (Å²) in [7, 11) is 0. The Hall–Kier alpha value is -3.60. The Morgan fingerprint density at radius 3 is 2.59 bits per heavy atom. The maximum absolute atomic E-state index is 14.2. The minimum atomic E-state index is -1.21. The summed E-state index contributed by atoms with van der Waals surface area (Å²) in [5.74, 6) is -1.57. The first-order valence-corrected chi connectivity index (χ1v) is 17.1. The second-order valence-corrected chi connectivity index (χ2v) is 14.1. The van der Waals surface area contributed by atoms with Gasteiger partial charge in [-0.2, -0.15) is 0 Å². The van der Waals surface area contributed by atoms with Crippen molar-refractivity contribution in [2.75, 3.05) is 6.54 Å². The van der Waals surface area contributed by atoms with Gasteiger partial charge in [-0.15, -0.1) is 0 Å². The first-order chi connectivity index (χ1) is 22.1. The van der Waals surface area contributed by atoms with Gasteiger partial charge in [0.25, 0.3) is 0 Å². The molecule has 3 fully saturated rings. The zero-order valence-electron chi connectivity index (χ0n) is 26.2. The van der Waals surface area contributed by atoms with Crippen LogP contribution in [0.4, 0.5) is 4.79 Å². The largest absolute Gasteiger partial charge is 0.444 e. The van der Waals surface area contributed by atoms with E-state index in [1.54, 1.807) is 11.0 Å². The van der Waals surface area contributed by atoms with Crippen LogP contribution in [0.2, 0.25) is 5.02 Å². The van der Waals surface area contributed by atoms with Gasteiger partial charge in [0, 0.05) is 36.9 Å². The first-order valence-electron chi connectivity index (χ1n) is 16.7. The predicted octanol–water partition coefficient (Wildman–Crippen LogP) is 3.71. The molecule has 0 unspecified atom stereocenters. The van der Waals surface area contributed by atoms with Crippen LogP contribution in [0.3, 0.4) is 0 Å². The molecule has 0 radical (unpaired) electrons. The molecule has 2 aliphatic carbocycles. The SMILES string of the molecule is NC(=O)[C@@]12C[C@H]1/C=C\CCCCC[C@H](NC(=O)CC1CCCC1)C(=O)N1C[C@H](OC(=O)N3Cc4ccc(Cl)cc4C3)C[C@H]1C(=O)N2. The summed E-state index contributed by atoms with van der Waals surface area (Å²) in [6.07, 6.45) is 11.5. The highest BCUT2D eigenvalue weighted by atomic mass is 35.5. The highest BCUT2D eigenvalue weighted by Gasteiger charge is 2.60. The number of primary amides is 1. The molecule has 2 saturated carbocycles. The van der Waals surface area contributed by atoms with Gasteiger partial charge in [-0.1, -0.05) is 55.5 Å². The number of hydrogen-bond acceptors (Lipinski definition) is 6. The van der Waals surface area contributed by atoms with Crippen molar-refractivity contribution in [3.63, 3.8) is 0 Å². The van der Waals surface area contributed by atoms with Crippen LogP contribution in [0.1, 0.15) is 88.2 Å². The number of halogens is 1. The third-order valence-corrected chi connectivity index (χ3v) is 10.6. The molecule has 248 valence electrons. The van der Waals surface area contributed by atoms with Crippen LogP contribution in [-0.4, -0.2) is 69.8 Å². The van der Waals surface area contributed by atoms with Crippen molar-refractivity contribution >= 4 is 41.3 Å². The lowest BCUT2D eigenvalue weighted by atomic mass is 10.0. The van der Waals surface area contributed by atoms with E-state index in [0.717, 1.165) is 62.5 Å². The van der Waals surface area contributed by atoms with Gasteiger partial charge in [0.15, 0.2) is 0 Å². The van der Waals surface area contributed by atoms with Gasteiger partial charge in [-0.3, -0.25) is 24.1 Å². The molecule has 6 rings (SSSR count). The summed E-state index contributed by atoms with van der Waals surface area (Å²) in [6, 6.07) is 3.69. The lowest BCUT2D eigenvalue weighted by molar-refractivity contribution is -0.142. The van der Waals surface area contributed by atoms with E-state index in [4.69, 9.17) is 22.1 Å². The van der Waals surface area contributed by atoms with E-state index in [1.165, 1.54) is 4.90 Å². The lowest BCUT2D eigenvalue weighted by Crippen LogP contribution is -2.57. The standard InChI is InChI=1S/C34H44ClN5O6/c35-25-13-12-22-18-39(19-23(22)15-25)33(45)46-26-16-28-30(42)38-34(32(36)44)17-24(34)10-4-2-1-3-5-11-27(31(43)40(28)20-26)37-29(41)14-21-8-6-7-9-21/h4,10,12-13,15,21,24,26-28H,1-3,5-9,11,14,16-20H2,(H2,36,44)(H,37,41)(H,38,42)/b10-4-/t24-,26-,27+,28+,34-/m1/s1. The van der Waals surface area contributed by atoms with Crippen LogP contribution in [0.25, 0.3) is 0 Å². The molecule has 1 saturated heterocycles. The lowest BCUT2D eigenvalue weighted by Gasteiger charge is -2.29. The van der Waals surface area contributed by atoms with Crippen molar-refractivity contribution in [1.82, 2.24) is 20.4 Å². The molecule has 0 bridgehead atoms. The molecule has 5 atom stereocenters. The van der Waals surface area contributed by atoms with E-state index in [2.05, 4.69) is 10.6 Å². The van der Waals surface area contributed by atoms with Crippen LogP contribution < -0.4 is 16.4 Å². The molecule has 12 heteroatoms. The van der Waals surface area contributed by atoms with Crippen LogP contribution in [0.5, 0.6) is 0 Å². The fraction of sp³-hybridized carbons (Fsp3) is 0.618. The Bertz CT molecular complexity index is 1410. The normalized spacial score (nSPS) is 30.7. The van der Waals surface area contributed by atoms with E-state index in [0.29, 0.717) is 43.3 Å². The van der Waals surface area contributed by atoms with E-state index >= 15 is 0 Å². The third kappa shape index (κ3) is 7.04. The van der Waals surface area contributed by atoms with Gasteiger partial charge in [0.1, 0.15) is 23.7 Å². The van der Waals surface area contributed by atoms with E-state index in [1.807, 2.05) is 24.3 Å². The minimum absolute atomic E-state index is 0.00280. The summed E-state index contributed by atoms with van der Waals surface area (Å²) >= 11 is 6.14. The Balaban J connectivity index is 1.20. The highest BCUT2D eigenvalue weighted by Crippen LogP contribution is 2.45. The number of fused-ring (bicyclic) bond motifs is 3. The number of nitrogens with one attached hydrogen (secondary N) is 2. The molecule has 1 aromatic rings. The first kappa shape index (κ1) is 32.3. The van der Waals surface area contributed by atoms with E-state index in [-0.39, 0.29) is 30.7 Å². The number of ether oxygens (including phenoxy) is 1. The zero-order chi connectivity index (χ0) is 32.4. The van der Waals surface area contributed by atoms with Gasteiger partial charge in [0.05, 0.1) is 6.54 Å². The molecule has 4 N–H and O–H groups in total. The molecule has 3 heterocycles. The van der Waals surface area contributed by atoms with Gasteiger partial charge in [-0.05, 0) is 67.7 Å². The summed E-state index contributed by atoms with van der Waals surface area (Å²) in [6.45, 7) is 0.714. The Kier molecular flexibility index (Phi) is 9.59. The summed E-state index contributed by atoms with van der Waals surface area (Å²) in [5, 5.41) is 6.45. The molecule has 11 nitrogen and oxygen atoms in total. The average molecular weight is 654 g/mol. The topological polar surface area (TPSA) is 151 Å². The Labute approximate surface area is 274 Å². The third-order valence-electron chi connectivity index (χ3n) is 10.4. The molecule has 0 spiro atoms. The van der Waals surface area contributed by atoms with Gasteiger partial charge in [0.2, 0.25) is 23.6 Å². The summed E-state index contributed by atoms with van der Waals surface area (Å²) < 4.78 is 5.90. The van der Waals surface area contributed by atoms with E-state index in [9.17, 15) is 24.0 Å². The average Bonchev–Trinajstić information content (AvgIpc) is 3.43. The second-order valence-electron chi connectivity index (χ2n) is 13.7. The molecular formula is C34H44ClN5O6.